The van der Waals surface area contributed by atoms with Crippen molar-refractivity contribution in [3.63, 3.8) is 0 Å². The van der Waals surface area contributed by atoms with Gasteiger partial charge < -0.3 is 9.80 Å². The molecule has 2 aliphatic heterocycles. The minimum absolute atomic E-state index is 0.264. The van der Waals surface area contributed by atoms with Gasteiger partial charge >= 0.3 is 0 Å². The third-order valence-corrected chi connectivity index (χ3v) is 4.95. The summed E-state index contributed by atoms with van der Waals surface area (Å²) < 4.78 is 2.08. The molecular weight excluding hydrogens is 316 g/mol. The van der Waals surface area contributed by atoms with Gasteiger partial charge in [0.15, 0.2) is 0 Å². The van der Waals surface area contributed by atoms with Crippen LogP contribution in [0, 0.1) is 0 Å². The third-order valence-electron chi connectivity index (χ3n) is 4.95. The van der Waals surface area contributed by atoms with Gasteiger partial charge in [0.2, 0.25) is 11.9 Å². The number of carbonyl (C=O) groups is 1. The summed E-state index contributed by atoms with van der Waals surface area (Å²) in [6.45, 7) is 4.43. The summed E-state index contributed by atoms with van der Waals surface area (Å²) in [4.78, 5) is 25.1. The zero-order chi connectivity index (χ0) is 17.1. The quantitative estimate of drug-likeness (QED) is 0.846. The average Bonchev–Trinajstić information content (AvgIpc) is 3.27. The summed E-state index contributed by atoms with van der Waals surface area (Å²) in [5.74, 6) is 1.03. The first-order chi connectivity index (χ1) is 12.3. The largest absolute Gasteiger partial charge is 0.343 e. The molecule has 0 radical (unpaired) electrons. The van der Waals surface area contributed by atoms with Crippen LogP contribution in [0.1, 0.15) is 37.1 Å². The van der Waals surface area contributed by atoms with E-state index in [4.69, 9.17) is 5.10 Å². The SMILES string of the molecule is O=C(CCc1cc2n(n1)CCCN(c1ncccn1)C2)N1CCCC1. The molecule has 1 fully saturated rings. The lowest BCUT2D eigenvalue weighted by Crippen LogP contribution is -2.27. The monoisotopic (exact) mass is 340 g/mol. The van der Waals surface area contributed by atoms with Crippen LogP contribution in [0.4, 0.5) is 5.95 Å². The number of aromatic nitrogens is 4. The van der Waals surface area contributed by atoms with E-state index in [1.165, 1.54) is 5.69 Å². The Morgan fingerprint density at radius 2 is 1.84 bits per heavy atom. The van der Waals surface area contributed by atoms with Gasteiger partial charge in [-0.2, -0.15) is 5.10 Å². The van der Waals surface area contributed by atoms with Gasteiger partial charge in [0.1, 0.15) is 0 Å². The van der Waals surface area contributed by atoms with Crippen molar-refractivity contribution in [3.8, 4) is 0 Å². The maximum Gasteiger partial charge on any atom is 0.225 e. The molecule has 4 heterocycles. The van der Waals surface area contributed by atoms with E-state index in [0.29, 0.717) is 6.42 Å². The van der Waals surface area contributed by atoms with Crippen molar-refractivity contribution in [3.05, 3.63) is 35.9 Å². The van der Waals surface area contributed by atoms with Gasteiger partial charge in [0, 0.05) is 51.4 Å². The highest BCUT2D eigenvalue weighted by Gasteiger charge is 2.20. The molecule has 25 heavy (non-hydrogen) atoms. The van der Waals surface area contributed by atoms with Crippen LogP contribution >= 0.6 is 0 Å². The predicted octanol–water partition coefficient (Wildman–Crippen LogP) is 1.64. The zero-order valence-corrected chi connectivity index (χ0v) is 14.5. The Morgan fingerprint density at radius 1 is 1.04 bits per heavy atom. The Morgan fingerprint density at radius 3 is 2.64 bits per heavy atom. The number of carbonyl (C=O) groups excluding carboxylic acids is 1. The summed E-state index contributed by atoms with van der Waals surface area (Å²) >= 11 is 0. The molecule has 2 aliphatic rings. The minimum Gasteiger partial charge on any atom is -0.343 e. The maximum atomic E-state index is 12.2. The molecular formula is C18H24N6O. The maximum absolute atomic E-state index is 12.2. The number of aryl methyl sites for hydroxylation is 2. The van der Waals surface area contributed by atoms with E-state index in [2.05, 4.69) is 25.6 Å². The minimum atomic E-state index is 0.264. The van der Waals surface area contributed by atoms with Crippen LogP contribution in [0.2, 0.25) is 0 Å². The van der Waals surface area contributed by atoms with Crippen LogP contribution in [-0.4, -0.2) is 50.2 Å². The van der Waals surface area contributed by atoms with Gasteiger partial charge in [-0.05, 0) is 31.4 Å². The number of hydrogen-bond acceptors (Lipinski definition) is 5. The van der Waals surface area contributed by atoms with Crippen molar-refractivity contribution in [2.45, 2.75) is 45.2 Å². The molecule has 0 bridgehead atoms. The van der Waals surface area contributed by atoms with Crippen LogP contribution in [0.5, 0.6) is 0 Å². The lowest BCUT2D eigenvalue weighted by Gasteiger charge is -2.19. The van der Waals surface area contributed by atoms with Gasteiger partial charge in [-0.1, -0.05) is 0 Å². The van der Waals surface area contributed by atoms with E-state index in [1.807, 2.05) is 11.0 Å². The Labute approximate surface area is 147 Å². The predicted molar refractivity (Wildman–Crippen MR) is 94.1 cm³/mol. The molecule has 0 spiro atoms. The number of hydrogen-bond donors (Lipinski definition) is 0. The molecule has 0 atom stereocenters. The van der Waals surface area contributed by atoms with Crippen LogP contribution < -0.4 is 4.90 Å². The molecule has 0 N–H and O–H groups in total. The molecule has 1 amide bonds. The van der Waals surface area contributed by atoms with Gasteiger partial charge in [0.25, 0.3) is 0 Å². The van der Waals surface area contributed by atoms with Crippen LogP contribution in [0.15, 0.2) is 24.5 Å². The number of likely N-dealkylation sites (tertiary alicyclic amines) is 1. The van der Waals surface area contributed by atoms with Crippen molar-refractivity contribution in [1.29, 1.82) is 0 Å². The van der Waals surface area contributed by atoms with E-state index in [1.54, 1.807) is 12.4 Å². The first-order valence-electron chi connectivity index (χ1n) is 9.15. The van der Waals surface area contributed by atoms with Crippen LogP contribution in [0.3, 0.4) is 0 Å². The highest BCUT2D eigenvalue weighted by Crippen LogP contribution is 2.18. The number of anilines is 1. The summed E-state index contributed by atoms with van der Waals surface area (Å²) in [6.07, 6.45) is 8.13. The lowest BCUT2D eigenvalue weighted by atomic mass is 10.2. The van der Waals surface area contributed by atoms with E-state index in [0.717, 1.165) is 70.0 Å². The van der Waals surface area contributed by atoms with Gasteiger partial charge in [-0.25, -0.2) is 9.97 Å². The second kappa shape index (κ2) is 7.21. The molecule has 132 valence electrons. The summed E-state index contributed by atoms with van der Waals surface area (Å²) in [7, 11) is 0. The number of fused-ring (bicyclic) bond motifs is 1. The normalized spacial score (nSPS) is 17.4. The van der Waals surface area contributed by atoms with E-state index in [-0.39, 0.29) is 5.91 Å². The standard InChI is InChI=1S/C18H24N6O/c25-17(22-9-1-2-10-22)6-5-15-13-16-14-23(11-4-12-24(16)21-15)18-19-7-3-8-20-18/h3,7-8,13H,1-2,4-6,9-12,14H2. The summed E-state index contributed by atoms with van der Waals surface area (Å²) in [5.41, 5.74) is 2.19. The van der Waals surface area contributed by atoms with Gasteiger partial charge in [-0.3, -0.25) is 9.48 Å². The average molecular weight is 340 g/mol. The van der Waals surface area contributed by atoms with Crippen molar-refractivity contribution in [1.82, 2.24) is 24.6 Å². The van der Waals surface area contributed by atoms with E-state index >= 15 is 0 Å². The summed E-state index contributed by atoms with van der Waals surface area (Å²) in [6, 6.07) is 3.97. The highest BCUT2D eigenvalue weighted by molar-refractivity contribution is 5.76. The summed E-state index contributed by atoms with van der Waals surface area (Å²) in [5, 5.41) is 4.72. The fraction of sp³-hybridized carbons (Fsp3) is 0.556. The van der Waals surface area contributed by atoms with Crippen LogP contribution in [-0.2, 0) is 24.3 Å². The molecule has 0 aliphatic carbocycles. The van der Waals surface area contributed by atoms with Gasteiger partial charge in [-0.15, -0.1) is 0 Å². The molecule has 7 nitrogen and oxygen atoms in total. The van der Waals surface area contributed by atoms with Crippen molar-refractivity contribution in [2.75, 3.05) is 24.5 Å². The van der Waals surface area contributed by atoms with E-state index in [9.17, 15) is 4.79 Å². The zero-order valence-electron chi connectivity index (χ0n) is 14.5. The third kappa shape index (κ3) is 3.65. The molecule has 4 rings (SSSR count). The number of rotatable bonds is 4. The Hall–Kier alpha value is -2.44. The second-order valence-corrected chi connectivity index (χ2v) is 6.76. The van der Waals surface area contributed by atoms with Gasteiger partial charge in [0.05, 0.1) is 17.9 Å². The van der Waals surface area contributed by atoms with Crippen LogP contribution in [0.25, 0.3) is 0 Å². The molecule has 2 aromatic heterocycles. The van der Waals surface area contributed by atoms with Crippen molar-refractivity contribution < 1.29 is 4.79 Å². The topological polar surface area (TPSA) is 67.2 Å². The fourth-order valence-corrected chi connectivity index (χ4v) is 3.63. The Balaban J connectivity index is 1.41. The molecule has 0 unspecified atom stereocenters. The number of nitrogens with zero attached hydrogens (tertiary/aromatic N) is 6. The first-order valence-corrected chi connectivity index (χ1v) is 9.15. The van der Waals surface area contributed by atoms with Crippen molar-refractivity contribution in [2.24, 2.45) is 0 Å². The Bertz CT molecular complexity index is 722. The molecule has 2 aromatic rings. The molecule has 7 heteroatoms. The van der Waals surface area contributed by atoms with E-state index < -0.39 is 0 Å². The molecule has 0 aromatic carbocycles. The smallest absolute Gasteiger partial charge is 0.225 e. The van der Waals surface area contributed by atoms with Crippen molar-refractivity contribution >= 4 is 11.9 Å². The second-order valence-electron chi connectivity index (χ2n) is 6.76. The molecule has 0 saturated carbocycles. The number of amides is 1. The first kappa shape index (κ1) is 16.1. The fourth-order valence-electron chi connectivity index (χ4n) is 3.63. The lowest BCUT2D eigenvalue weighted by molar-refractivity contribution is -0.130. The molecule has 1 saturated heterocycles. The Kier molecular flexibility index (Phi) is 4.63. The highest BCUT2D eigenvalue weighted by atomic mass is 16.2.